The summed E-state index contributed by atoms with van der Waals surface area (Å²) < 4.78 is 22.8. The van der Waals surface area contributed by atoms with Crippen LogP contribution in [0.5, 0.6) is 5.75 Å². The number of hydrogen-bond acceptors (Lipinski definition) is 8. The lowest BCUT2D eigenvalue weighted by atomic mass is 10.1. The van der Waals surface area contributed by atoms with Gasteiger partial charge in [0.15, 0.2) is 5.52 Å². The molecule has 1 atom stereocenters. The predicted octanol–water partition coefficient (Wildman–Crippen LogP) is 2.78. The highest BCUT2D eigenvalue weighted by molar-refractivity contribution is 7.92. The first-order valence-corrected chi connectivity index (χ1v) is 13.2. The van der Waals surface area contributed by atoms with E-state index in [2.05, 4.69) is 26.3 Å². The molecule has 1 unspecified atom stereocenters. The van der Waals surface area contributed by atoms with E-state index in [0.717, 1.165) is 25.2 Å². The summed E-state index contributed by atoms with van der Waals surface area (Å²) in [6, 6.07) is 5.35. The van der Waals surface area contributed by atoms with Crippen molar-refractivity contribution in [1.82, 2.24) is 29.0 Å². The van der Waals surface area contributed by atoms with Crippen molar-refractivity contribution in [3.05, 3.63) is 34.2 Å². The Kier molecular flexibility index (Phi) is 7.20. The minimum Gasteiger partial charge on any atom is -0.493 e. The molecule has 3 aromatic rings. The number of rotatable bonds is 7. The summed E-state index contributed by atoms with van der Waals surface area (Å²) in [6.45, 7) is 7.23. The monoisotopic (exact) mass is 497 g/mol. The van der Waals surface area contributed by atoms with Crippen molar-refractivity contribution in [3.8, 4) is 23.3 Å². The Morgan fingerprint density at radius 3 is 2.66 bits per heavy atom. The number of aryl methyl sites for hydroxylation is 2. The van der Waals surface area contributed by atoms with Crippen LogP contribution in [-0.4, -0.2) is 68.8 Å². The van der Waals surface area contributed by atoms with Crippen LogP contribution >= 0.6 is 0 Å². The van der Waals surface area contributed by atoms with Crippen LogP contribution in [0.4, 0.5) is 0 Å². The van der Waals surface area contributed by atoms with Crippen LogP contribution < -0.4 is 10.3 Å². The van der Waals surface area contributed by atoms with Crippen molar-refractivity contribution in [1.29, 1.82) is 10.0 Å². The van der Waals surface area contributed by atoms with E-state index in [4.69, 9.17) is 9.72 Å². The number of hydrogen-bond donors (Lipinski definition) is 2. The van der Waals surface area contributed by atoms with Crippen LogP contribution in [0.15, 0.2) is 32.3 Å². The average molecular weight is 498 g/mol. The number of piperazine rings is 1. The highest BCUT2D eigenvalue weighted by Gasteiger charge is 2.25. The van der Waals surface area contributed by atoms with Gasteiger partial charge < -0.3 is 14.6 Å². The number of nitrogens with one attached hydrogen (secondary N) is 2. The van der Waals surface area contributed by atoms with Crippen molar-refractivity contribution in [2.24, 2.45) is 11.4 Å². The molecule has 0 saturated carbocycles. The van der Waals surface area contributed by atoms with Gasteiger partial charge in [-0.3, -0.25) is 14.3 Å². The molecule has 1 aromatic carbocycles. The maximum atomic E-state index is 13.0. The Bertz CT molecular complexity index is 1450. The SMILES string of the molecule is CCCc1nn(C)c2c(=O)[nH]c(-c3cc(S(=N)(=NC#N)N4CCN(C)CC4)ccc3OCC)nc12. The minimum atomic E-state index is -2.69. The van der Waals surface area contributed by atoms with E-state index in [1.54, 1.807) is 29.9 Å². The number of ether oxygens (including phenoxy) is 1. The summed E-state index contributed by atoms with van der Waals surface area (Å²) in [5, 5.41) is 14.0. The highest BCUT2D eigenvalue weighted by Crippen LogP contribution is 2.33. The standard InChI is InChI=1S/C23H31N9O2S/c1-5-7-18-20-21(31(4)29-18)23(33)28-22(27-20)17-14-16(8-9-19(17)34-6-2)35(25,26-15-24)32-12-10-30(3)11-13-32/h8-9,14,25H,5-7,10-13H2,1-4H3,(H,27,28,33). The van der Waals surface area contributed by atoms with Crippen molar-refractivity contribution in [2.45, 2.75) is 31.6 Å². The molecule has 0 spiro atoms. The Morgan fingerprint density at radius 1 is 1.26 bits per heavy atom. The Balaban J connectivity index is 1.91. The summed E-state index contributed by atoms with van der Waals surface area (Å²) >= 11 is 0. The van der Waals surface area contributed by atoms with Crippen LogP contribution in [0.3, 0.4) is 0 Å². The van der Waals surface area contributed by atoms with E-state index in [0.29, 0.717) is 59.2 Å². The third-order valence-electron chi connectivity index (χ3n) is 6.09. The normalized spacial score (nSPS) is 16.7. The summed E-state index contributed by atoms with van der Waals surface area (Å²) in [5.74, 6) is 0.881. The van der Waals surface area contributed by atoms with Crippen molar-refractivity contribution < 1.29 is 4.74 Å². The van der Waals surface area contributed by atoms with Crippen LogP contribution in [0, 0.1) is 16.2 Å². The van der Waals surface area contributed by atoms with Crippen LogP contribution in [-0.2, 0) is 23.3 Å². The summed E-state index contributed by atoms with van der Waals surface area (Å²) in [6.07, 6.45) is 3.46. The van der Waals surface area contributed by atoms with E-state index in [1.165, 1.54) is 0 Å². The quantitative estimate of drug-likeness (QED) is 0.478. The largest absolute Gasteiger partial charge is 0.493 e. The number of fused-ring (bicyclic) bond motifs is 1. The summed E-state index contributed by atoms with van der Waals surface area (Å²) in [4.78, 5) is 23.5. The van der Waals surface area contributed by atoms with Gasteiger partial charge in [0.05, 0.1) is 17.9 Å². The Morgan fingerprint density at radius 2 is 2.00 bits per heavy atom. The van der Waals surface area contributed by atoms with Gasteiger partial charge in [-0.2, -0.15) is 10.4 Å². The zero-order valence-corrected chi connectivity index (χ0v) is 21.4. The number of aromatic nitrogens is 4. The molecule has 3 heterocycles. The molecule has 1 aliphatic rings. The number of likely N-dealkylation sites (N-methyl/N-ethyl adjacent to an activating group) is 1. The molecule has 12 heteroatoms. The third-order valence-corrected chi connectivity index (χ3v) is 8.46. The molecule has 1 fully saturated rings. The van der Waals surface area contributed by atoms with E-state index in [9.17, 15) is 14.8 Å². The lowest BCUT2D eigenvalue weighted by Gasteiger charge is -2.35. The van der Waals surface area contributed by atoms with Gasteiger partial charge in [-0.1, -0.05) is 13.3 Å². The van der Waals surface area contributed by atoms with E-state index < -0.39 is 9.81 Å². The molecule has 0 radical (unpaired) electrons. The predicted molar refractivity (Wildman–Crippen MR) is 135 cm³/mol. The molecule has 186 valence electrons. The molecular weight excluding hydrogens is 466 g/mol. The maximum Gasteiger partial charge on any atom is 0.277 e. The lowest BCUT2D eigenvalue weighted by molar-refractivity contribution is 0.230. The molecule has 0 bridgehead atoms. The zero-order valence-electron chi connectivity index (χ0n) is 20.5. The summed E-state index contributed by atoms with van der Waals surface area (Å²) in [5.41, 5.74) is 2.01. The fraction of sp³-hybridized carbons (Fsp3) is 0.478. The molecule has 0 amide bonds. The zero-order chi connectivity index (χ0) is 25.2. The second-order valence-corrected chi connectivity index (χ2v) is 10.8. The lowest BCUT2D eigenvalue weighted by Crippen LogP contribution is -2.46. The van der Waals surface area contributed by atoms with Gasteiger partial charge in [-0.25, -0.2) is 9.29 Å². The van der Waals surface area contributed by atoms with Gasteiger partial charge in [0.1, 0.15) is 17.1 Å². The third kappa shape index (κ3) is 4.67. The van der Waals surface area contributed by atoms with Crippen LogP contribution in [0.25, 0.3) is 22.4 Å². The molecular formula is C23H31N9O2S. The van der Waals surface area contributed by atoms with Gasteiger partial charge in [0.25, 0.3) is 5.56 Å². The molecule has 1 aliphatic heterocycles. The number of aromatic amines is 1. The fourth-order valence-electron chi connectivity index (χ4n) is 4.30. The van der Waals surface area contributed by atoms with Crippen LogP contribution in [0.1, 0.15) is 26.0 Å². The van der Waals surface area contributed by atoms with E-state index in [1.807, 2.05) is 24.5 Å². The number of nitriles is 1. The molecule has 2 aromatic heterocycles. The smallest absolute Gasteiger partial charge is 0.277 e. The molecule has 11 nitrogen and oxygen atoms in total. The van der Waals surface area contributed by atoms with Crippen molar-refractivity contribution in [2.75, 3.05) is 39.8 Å². The second-order valence-electron chi connectivity index (χ2n) is 8.50. The molecule has 4 rings (SSSR count). The molecule has 1 saturated heterocycles. The molecule has 2 N–H and O–H groups in total. The second kappa shape index (κ2) is 10.2. The first kappa shape index (κ1) is 24.8. The van der Waals surface area contributed by atoms with Crippen LogP contribution in [0.2, 0.25) is 0 Å². The van der Waals surface area contributed by atoms with Gasteiger partial charge in [0.2, 0.25) is 6.19 Å². The number of nitrogens with zero attached hydrogens (tertiary/aromatic N) is 7. The van der Waals surface area contributed by atoms with Crippen molar-refractivity contribution >= 4 is 20.8 Å². The first-order valence-electron chi connectivity index (χ1n) is 11.7. The first-order chi connectivity index (χ1) is 16.8. The van der Waals surface area contributed by atoms with Gasteiger partial charge >= 0.3 is 0 Å². The van der Waals surface area contributed by atoms with Gasteiger partial charge in [-0.15, -0.1) is 4.36 Å². The topological polar surface area (TPSA) is 139 Å². The fourth-order valence-corrected chi connectivity index (χ4v) is 6.17. The minimum absolute atomic E-state index is 0.291. The van der Waals surface area contributed by atoms with Crippen molar-refractivity contribution in [3.63, 3.8) is 0 Å². The average Bonchev–Trinajstić information content (AvgIpc) is 3.15. The van der Waals surface area contributed by atoms with Gasteiger partial charge in [0, 0.05) is 47.9 Å². The molecule has 0 aliphatic carbocycles. The van der Waals surface area contributed by atoms with E-state index in [-0.39, 0.29) is 5.56 Å². The highest BCUT2D eigenvalue weighted by atomic mass is 32.2. The Labute approximate surface area is 205 Å². The van der Waals surface area contributed by atoms with E-state index >= 15 is 0 Å². The van der Waals surface area contributed by atoms with Gasteiger partial charge in [-0.05, 0) is 38.6 Å². The molecule has 35 heavy (non-hydrogen) atoms. The maximum absolute atomic E-state index is 13.0. The Hall–Kier alpha value is -3.27. The number of benzene rings is 1. The number of H-pyrrole nitrogens is 1. The summed E-state index contributed by atoms with van der Waals surface area (Å²) in [7, 11) is 1.09.